The number of aliphatic carboxylic acids is 2. The number of carbonyl (C=O) groups is 3. The van der Waals surface area contributed by atoms with Crippen molar-refractivity contribution in [1.82, 2.24) is 0 Å². The van der Waals surface area contributed by atoms with E-state index in [9.17, 15) is 14.4 Å². The van der Waals surface area contributed by atoms with E-state index in [4.69, 9.17) is 14.9 Å². The van der Waals surface area contributed by atoms with Crippen molar-refractivity contribution in [3.05, 3.63) is 23.8 Å². The van der Waals surface area contributed by atoms with Crippen LogP contribution in [0, 0.1) is 0 Å². The number of rotatable bonds is 6. The van der Waals surface area contributed by atoms with E-state index < -0.39 is 18.5 Å². The molecule has 3 N–H and O–H groups in total. The van der Waals surface area contributed by atoms with Crippen molar-refractivity contribution in [2.45, 2.75) is 13.3 Å². The third-order valence-corrected chi connectivity index (χ3v) is 2.07. The normalized spacial score (nSPS) is 9.74. The molecule has 102 valence electrons. The number of amides is 1. The number of hydrogen-bond acceptors (Lipinski definition) is 4. The van der Waals surface area contributed by atoms with Crippen LogP contribution in [0.15, 0.2) is 18.2 Å². The molecule has 0 aromatic heterocycles. The second kappa shape index (κ2) is 6.39. The van der Waals surface area contributed by atoms with Crippen LogP contribution in [-0.2, 0) is 20.8 Å². The highest BCUT2D eigenvalue weighted by atomic mass is 16.5. The summed E-state index contributed by atoms with van der Waals surface area (Å²) in [6.07, 6.45) is -0.331. The Labute approximate surface area is 108 Å². The van der Waals surface area contributed by atoms with E-state index >= 15 is 0 Å². The smallest absolute Gasteiger partial charge is 0.341 e. The van der Waals surface area contributed by atoms with E-state index in [0.29, 0.717) is 11.3 Å². The van der Waals surface area contributed by atoms with Crippen molar-refractivity contribution in [2.75, 3.05) is 11.9 Å². The summed E-state index contributed by atoms with van der Waals surface area (Å²) in [5, 5.41) is 19.8. The maximum absolute atomic E-state index is 10.9. The van der Waals surface area contributed by atoms with Crippen LogP contribution < -0.4 is 10.1 Å². The number of nitrogens with one attached hydrogen (secondary N) is 1. The molecule has 0 fully saturated rings. The molecule has 19 heavy (non-hydrogen) atoms. The zero-order chi connectivity index (χ0) is 14.4. The molecule has 0 heterocycles. The van der Waals surface area contributed by atoms with E-state index in [-0.39, 0.29) is 18.1 Å². The molecule has 0 aliphatic carbocycles. The van der Waals surface area contributed by atoms with Gasteiger partial charge in [-0.2, -0.15) is 0 Å². The van der Waals surface area contributed by atoms with Gasteiger partial charge in [0, 0.05) is 18.2 Å². The molecule has 1 amide bonds. The lowest BCUT2D eigenvalue weighted by Crippen LogP contribution is -2.12. The van der Waals surface area contributed by atoms with Crippen LogP contribution in [0.2, 0.25) is 0 Å². The first-order chi connectivity index (χ1) is 8.88. The van der Waals surface area contributed by atoms with Crippen LogP contribution in [0.25, 0.3) is 0 Å². The lowest BCUT2D eigenvalue weighted by Gasteiger charge is -2.11. The van der Waals surface area contributed by atoms with E-state index in [1.165, 1.54) is 25.1 Å². The minimum atomic E-state index is -1.16. The topological polar surface area (TPSA) is 113 Å². The first kappa shape index (κ1) is 14.5. The summed E-state index contributed by atoms with van der Waals surface area (Å²) in [7, 11) is 0. The summed E-state index contributed by atoms with van der Waals surface area (Å²) in [4.78, 5) is 32.1. The summed E-state index contributed by atoms with van der Waals surface area (Å²) in [6, 6.07) is 4.36. The van der Waals surface area contributed by atoms with Crippen LogP contribution >= 0.6 is 0 Å². The standard InChI is InChI=1S/C12H13NO6/c1-7(14)13-9-2-3-10(19-6-12(17)18)8(4-9)5-11(15)16/h2-4H,5-6H2,1H3,(H,13,14)(H,15,16)(H,17,18). The fraction of sp³-hybridized carbons (Fsp3) is 0.250. The molecule has 0 aliphatic heterocycles. The molecule has 7 nitrogen and oxygen atoms in total. The average molecular weight is 267 g/mol. The van der Waals surface area contributed by atoms with E-state index in [1.54, 1.807) is 0 Å². The Balaban J connectivity index is 2.97. The molecular formula is C12H13NO6. The quantitative estimate of drug-likeness (QED) is 0.700. The Morgan fingerprint density at radius 1 is 1.21 bits per heavy atom. The van der Waals surface area contributed by atoms with Crippen molar-refractivity contribution in [2.24, 2.45) is 0 Å². The van der Waals surface area contributed by atoms with Gasteiger partial charge in [-0.1, -0.05) is 0 Å². The molecule has 0 radical (unpaired) electrons. The predicted molar refractivity (Wildman–Crippen MR) is 65.2 cm³/mol. The number of carboxylic acid groups (broad SMARTS) is 2. The minimum absolute atomic E-state index is 0.166. The molecule has 0 saturated carbocycles. The van der Waals surface area contributed by atoms with Gasteiger partial charge in [-0.05, 0) is 18.2 Å². The summed E-state index contributed by atoms with van der Waals surface area (Å²) >= 11 is 0. The molecule has 0 bridgehead atoms. The highest BCUT2D eigenvalue weighted by Gasteiger charge is 2.11. The maximum Gasteiger partial charge on any atom is 0.341 e. The molecule has 0 saturated heterocycles. The fourth-order valence-corrected chi connectivity index (χ4v) is 1.44. The first-order valence-corrected chi connectivity index (χ1v) is 5.35. The zero-order valence-electron chi connectivity index (χ0n) is 10.2. The van der Waals surface area contributed by atoms with Gasteiger partial charge in [-0.15, -0.1) is 0 Å². The van der Waals surface area contributed by atoms with Gasteiger partial charge in [0.2, 0.25) is 5.91 Å². The Morgan fingerprint density at radius 2 is 1.89 bits per heavy atom. The summed E-state index contributed by atoms with van der Waals surface area (Å²) < 4.78 is 4.98. The van der Waals surface area contributed by atoms with Crippen LogP contribution in [0.3, 0.4) is 0 Å². The first-order valence-electron chi connectivity index (χ1n) is 5.35. The second-order valence-corrected chi connectivity index (χ2v) is 3.76. The number of benzene rings is 1. The van der Waals surface area contributed by atoms with Gasteiger partial charge in [-0.25, -0.2) is 4.79 Å². The zero-order valence-corrected chi connectivity index (χ0v) is 10.2. The summed E-state index contributed by atoms with van der Waals surface area (Å²) in [5.41, 5.74) is 0.714. The SMILES string of the molecule is CC(=O)Nc1ccc(OCC(=O)O)c(CC(=O)O)c1. The molecule has 0 unspecified atom stereocenters. The third-order valence-electron chi connectivity index (χ3n) is 2.07. The Morgan fingerprint density at radius 3 is 2.42 bits per heavy atom. The summed E-state index contributed by atoms with van der Waals surface area (Å²) in [6.45, 7) is 0.762. The van der Waals surface area contributed by atoms with Gasteiger partial charge in [0.05, 0.1) is 6.42 Å². The molecule has 7 heteroatoms. The van der Waals surface area contributed by atoms with Crippen LogP contribution in [0.4, 0.5) is 5.69 Å². The van der Waals surface area contributed by atoms with Gasteiger partial charge >= 0.3 is 11.9 Å². The van der Waals surface area contributed by atoms with E-state index in [0.717, 1.165) is 0 Å². The highest BCUT2D eigenvalue weighted by Crippen LogP contribution is 2.23. The molecule has 1 aromatic carbocycles. The van der Waals surface area contributed by atoms with Crippen molar-refractivity contribution in [1.29, 1.82) is 0 Å². The molecule has 1 aromatic rings. The molecule has 1 rings (SSSR count). The van der Waals surface area contributed by atoms with Crippen molar-refractivity contribution in [3.63, 3.8) is 0 Å². The minimum Gasteiger partial charge on any atom is -0.482 e. The van der Waals surface area contributed by atoms with E-state index in [2.05, 4.69) is 5.32 Å². The van der Waals surface area contributed by atoms with E-state index in [1.807, 2.05) is 0 Å². The number of ether oxygens (including phenoxy) is 1. The Hall–Kier alpha value is -2.57. The molecular weight excluding hydrogens is 254 g/mol. The lowest BCUT2D eigenvalue weighted by molar-refractivity contribution is -0.139. The van der Waals surface area contributed by atoms with Gasteiger partial charge in [0.1, 0.15) is 5.75 Å². The summed E-state index contributed by atoms with van der Waals surface area (Å²) in [5.74, 6) is -2.37. The highest BCUT2D eigenvalue weighted by molar-refractivity contribution is 5.89. The Kier molecular flexibility index (Phi) is 4.87. The van der Waals surface area contributed by atoms with Crippen molar-refractivity contribution in [3.8, 4) is 5.75 Å². The largest absolute Gasteiger partial charge is 0.482 e. The van der Waals surface area contributed by atoms with Crippen molar-refractivity contribution < 1.29 is 29.3 Å². The number of hydrogen-bond donors (Lipinski definition) is 3. The predicted octanol–water partition coefficient (Wildman–Crippen LogP) is 0.735. The number of carbonyl (C=O) groups excluding carboxylic acids is 1. The van der Waals surface area contributed by atoms with Gasteiger partial charge < -0.3 is 20.3 Å². The number of anilines is 1. The average Bonchev–Trinajstić information content (AvgIpc) is 2.26. The van der Waals surface area contributed by atoms with Crippen LogP contribution in [-0.4, -0.2) is 34.7 Å². The maximum atomic E-state index is 10.9. The second-order valence-electron chi connectivity index (χ2n) is 3.76. The van der Waals surface area contributed by atoms with Crippen LogP contribution in [0.1, 0.15) is 12.5 Å². The fourth-order valence-electron chi connectivity index (χ4n) is 1.44. The molecule has 0 aliphatic rings. The van der Waals surface area contributed by atoms with Gasteiger partial charge in [0.15, 0.2) is 6.61 Å². The Bertz CT molecular complexity index is 511. The van der Waals surface area contributed by atoms with Gasteiger partial charge in [0.25, 0.3) is 0 Å². The molecule has 0 atom stereocenters. The van der Waals surface area contributed by atoms with Crippen molar-refractivity contribution >= 4 is 23.5 Å². The van der Waals surface area contributed by atoms with Crippen LogP contribution in [0.5, 0.6) is 5.75 Å². The monoisotopic (exact) mass is 267 g/mol. The lowest BCUT2D eigenvalue weighted by atomic mass is 10.1. The number of carboxylic acids is 2. The molecule has 0 spiro atoms. The van der Waals surface area contributed by atoms with Gasteiger partial charge in [-0.3, -0.25) is 9.59 Å². The third kappa shape index (κ3) is 5.07.